The van der Waals surface area contributed by atoms with Crippen LogP contribution in [-0.2, 0) is 20.9 Å². The average molecular weight is 566 g/mol. The van der Waals surface area contributed by atoms with Crippen molar-refractivity contribution < 1.29 is 24.0 Å². The minimum absolute atomic E-state index is 0.123. The summed E-state index contributed by atoms with van der Waals surface area (Å²) in [6, 6.07) is 12.0. The molecule has 2 fully saturated rings. The Balaban J connectivity index is 1.45. The number of carbonyl (C=O) groups is 3. The molecule has 4 atom stereocenters. The Labute approximate surface area is 200 Å². The van der Waals surface area contributed by atoms with Crippen LogP contribution < -0.4 is 4.90 Å². The number of esters is 1. The zero-order valence-electron chi connectivity index (χ0n) is 16.6. The minimum atomic E-state index is -0.660. The van der Waals surface area contributed by atoms with E-state index in [-0.39, 0.29) is 56.7 Å². The summed E-state index contributed by atoms with van der Waals surface area (Å²) >= 11 is 7.13. The zero-order chi connectivity index (χ0) is 23.0. The molecule has 1 saturated carbocycles. The van der Waals surface area contributed by atoms with Crippen LogP contribution in [-0.4, -0.2) is 32.4 Å². The number of amides is 2. The van der Waals surface area contributed by atoms with Gasteiger partial charge in [0.2, 0.25) is 11.8 Å². The molecule has 0 radical (unpaired) electrons. The molecule has 2 amide bonds. The fourth-order valence-electron chi connectivity index (χ4n) is 4.13. The summed E-state index contributed by atoms with van der Waals surface area (Å²) in [4.78, 5) is 50.2. The van der Waals surface area contributed by atoms with Gasteiger partial charge in [-0.15, -0.1) is 0 Å². The molecule has 0 unspecified atom stereocenters. The van der Waals surface area contributed by atoms with Gasteiger partial charge in [-0.2, -0.15) is 0 Å². The van der Waals surface area contributed by atoms with Gasteiger partial charge in [0.1, 0.15) is 6.61 Å². The number of rotatable bonds is 5. The van der Waals surface area contributed by atoms with E-state index < -0.39 is 10.9 Å². The largest absolute Gasteiger partial charge is 0.457 e. The molecule has 1 aliphatic heterocycles. The number of carbonyl (C=O) groups excluding carboxylic acids is 3. The number of fused-ring (bicyclic) bond motifs is 1. The van der Waals surface area contributed by atoms with Crippen molar-refractivity contribution in [3.8, 4) is 0 Å². The van der Waals surface area contributed by atoms with Crippen LogP contribution in [0.25, 0.3) is 0 Å². The van der Waals surface area contributed by atoms with Crippen LogP contribution in [0.15, 0.2) is 48.5 Å². The molecule has 8 nitrogen and oxygen atoms in total. The number of alkyl halides is 2. The summed E-state index contributed by atoms with van der Waals surface area (Å²) < 4.78 is 5.21. The third-order valence-corrected chi connectivity index (χ3v) is 8.55. The summed E-state index contributed by atoms with van der Waals surface area (Å²) in [6.45, 7) is -0.244. The fourth-order valence-corrected chi connectivity index (χ4v) is 5.37. The topological polar surface area (TPSA) is 107 Å². The number of imide groups is 1. The van der Waals surface area contributed by atoms with Crippen LogP contribution in [0.3, 0.4) is 0 Å². The van der Waals surface area contributed by atoms with Crippen molar-refractivity contribution in [3.05, 3.63) is 69.8 Å². The Hall–Kier alpha value is -2.59. The highest BCUT2D eigenvalue weighted by Gasteiger charge is 2.52. The molecular formula is C22H18Br2N2O6. The predicted octanol–water partition coefficient (Wildman–Crippen LogP) is 4.38. The number of nitro benzene ring substituents is 1. The first-order valence-corrected chi connectivity index (χ1v) is 11.8. The molecule has 0 spiro atoms. The SMILES string of the molecule is O=C(OCc1ccccc1[N+](=O)[O-])c1ccc(N2C(=O)[C@@H]3C[C@H](Br)[C@@H](Br)C[C@H]3C2=O)cc1. The number of hydrogen-bond acceptors (Lipinski definition) is 6. The van der Waals surface area contributed by atoms with E-state index in [1.54, 1.807) is 6.07 Å². The molecule has 32 heavy (non-hydrogen) atoms. The average Bonchev–Trinajstić information content (AvgIpc) is 3.02. The lowest BCUT2D eigenvalue weighted by atomic mass is 9.81. The van der Waals surface area contributed by atoms with Gasteiger partial charge >= 0.3 is 5.97 Å². The quantitative estimate of drug-likeness (QED) is 0.175. The first kappa shape index (κ1) is 22.6. The number of anilines is 1. The number of para-hydroxylation sites is 1. The second-order valence-corrected chi connectivity index (χ2v) is 10.1. The Bertz CT molecular complexity index is 1060. The second-order valence-electron chi connectivity index (χ2n) is 7.74. The van der Waals surface area contributed by atoms with Crippen molar-refractivity contribution in [2.24, 2.45) is 11.8 Å². The van der Waals surface area contributed by atoms with Crippen molar-refractivity contribution in [1.82, 2.24) is 0 Å². The van der Waals surface area contributed by atoms with Crippen molar-refractivity contribution >= 4 is 61.0 Å². The molecule has 2 aromatic carbocycles. The number of nitro groups is 1. The van der Waals surface area contributed by atoms with Crippen LogP contribution in [0, 0.1) is 22.0 Å². The molecule has 1 heterocycles. The smallest absolute Gasteiger partial charge is 0.338 e. The first-order valence-electron chi connectivity index (χ1n) is 9.93. The van der Waals surface area contributed by atoms with Gasteiger partial charge in [0.05, 0.1) is 33.6 Å². The van der Waals surface area contributed by atoms with E-state index in [0.29, 0.717) is 18.5 Å². The van der Waals surface area contributed by atoms with E-state index in [4.69, 9.17) is 4.74 Å². The fraction of sp³-hybridized carbons (Fsp3) is 0.318. The summed E-state index contributed by atoms with van der Waals surface area (Å²) in [7, 11) is 0. The van der Waals surface area contributed by atoms with Gasteiger partial charge in [0.25, 0.3) is 5.69 Å². The normalized spacial score (nSPS) is 24.9. The van der Waals surface area contributed by atoms with Crippen molar-refractivity contribution in [1.29, 1.82) is 0 Å². The number of nitrogens with zero attached hydrogens (tertiary/aromatic N) is 2. The number of ether oxygens (including phenoxy) is 1. The molecule has 4 rings (SSSR count). The van der Waals surface area contributed by atoms with E-state index >= 15 is 0 Å². The highest BCUT2D eigenvalue weighted by molar-refractivity contribution is 9.12. The van der Waals surface area contributed by atoms with E-state index in [2.05, 4.69) is 31.9 Å². The summed E-state index contributed by atoms with van der Waals surface area (Å²) in [6.07, 6.45) is 1.16. The second kappa shape index (κ2) is 9.11. The van der Waals surface area contributed by atoms with Crippen LogP contribution in [0.1, 0.15) is 28.8 Å². The molecular weight excluding hydrogens is 548 g/mol. The van der Waals surface area contributed by atoms with Gasteiger partial charge in [-0.05, 0) is 43.2 Å². The molecule has 1 saturated heterocycles. The Morgan fingerprint density at radius 3 is 2.12 bits per heavy atom. The zero-order valence-corrected chi connectivity index (χ0v) is 19.8. The molecule has 166 valence electrons. The lowest BCUT2D eigenvalue weighted by Gasteiger charge is -2.29. The van der Waals surface area contributed by atoms with Crippen molar-refractivity contribution in [2.75, 3.05) is 4.90 Å². The van der Waals surface area contributed by atoms with Crippen molar-refractivity contribution in [3.63, 3.8) is 0 Å². The number of halogens is 2. The van der Waals surface area contributed by atoms with Crippen LogP contribution >= 0.6 is 31.9 Å². The molecule has 1 aliphatic carbocycles. The third-order valence-electron chi connectivity index (χ3n) is 5.82. The lowest BCUT2D eigenvalue weighted by molar-refractivity contribution is -0.385. The van der Waals surface area contributed by atoms with Gasteiger partial charge < -0.3 is 4.74 Å². The number of hydrogen-bond donors (Lipinski definition) is 0. The van der Waals surface area contributed by atoms with E-state index in [1.807, 2.05) is 0 Å². The van der Waals surface area contributed by atoms with E-state index in [1.165, 1.54) is 47.4 Å². The Kier molecular flexibility index (Phi) is 6.43. The maximum Gasteiger partial charge on any atom is 0.338 e. The molecule has 0 N–H and O–H groups in total. The molecule has 2 aromatic rings. The number of benzene rings is 2. The van der Waals surface area contributed by atoms with Crippen molar-refractivity contribution in [2.45, 2.75) is 29.1 Å². The van der Waals surface area contributed by atoms with Gasteiger partial charge in [0.15, 0.2) is 0 Å². The van der Waals surface area contributed by atoms with Crippen LogP contribution in [0.2, 0.25) is 0 Å². The highest BCUT2D eigenvalue weighted by Crippen LogP contribution is 2.44. The van der Waals surface area contributed by atoms with Crippen LogP contribution in [0.4, 0.5) is 11.4 Å². The van der Waals surface area contributed by atoms with Gasteiger partial charge in [-0.25, -0.2) is 4.79 Å². The highest BCUT2D eigenvalue weighted by atomic mass is 79.9. The van der Waals surface area contributed by atoms with Gasteiger partial charge in [-0.1, -0.05) is 44.0 Å². The molecule has 0 aromatic heterocycles. The third kappa shape index (κ3) is 4.21. The summed E-state index contributed by atoms with van der Waals surface area (Å²) in [5.41, 5.74) is 0.778. The minimum Gasteiger partial charge on any atom is -0.457 e. The monoisotopic (exact) mass is 564 g/mol. The maximum atomic E-state index is 12.9. The van der Waals surface area contributed by atoms with E-state index in [0.717, 1.165) is 0 Å². The van der Waals surface area contributed by atoms with Gasteiger partial charge in [-0.3, -0.25) is 24.6 Å². The van der Waals surface area contributed by atoms with Crippen LogP contribution in [0.5, 0.6) is 0 Å². The lowest BCUT2D eigenvalue weighted by Crippen LogP contribution is -2.34. The molecule has 2 aliphatic rings. The molecule has 10 heteroatoms. The summed E-state index contributed by atoms with van der Waals surface area (Å²) in [5, 5.41) is 11.1. The van der Waals surface area contributed by atoms with Gasteiger partial charge in [0, 0.05) is 15.7 Å². The van der Waals surface area contributed by atoms with E-state index in [9.17, 15) is 24.5 Å². The maximum absolute atomic E-state index is 12.9. The predicted molar refractivity (Wildman–Crippen MR) is 123 cm³/mol. The molecule has 0 bridgehead atoms. The summed E-state index contributed by atoms with van der Waals surface area (Å²) in [5.74, 6) is -1.82. The Morgan fingerprint density at radius 2 is 1.56 bits per heavy atom. The first-order chi connectivity index (χ1) is 15.3. The standard InChI is InChI=1S/C22H18Br2N2O6/c23-17-9-15-16(10-18(17)24)21(28)25(20(15)27)14-7-5-12(6-8-14)22(29)32-11-13-3-1-2-4-19(13)26(30)31/h1-8,15-18H,9-11H2/t15-,16-,17+,18+/m1/s1. The Morgan fingerprint density at radius 1 is 1.00 bits per heavy atom.